The van der Waals surface area contributed by atoms with Crippen LogP contribution in [0.15, 0.2) is 66.9 Å². The topological polar surface area (TPSA) is 76.2 Å². The van der Waals surface area contributed by atoms with Crippen LogP contribution in [0.2, 0.25) is 5.02 Å². The molecule has 0 aliphatic carbocycles. The zero-order valence-electron chi connectivity index (χ0n) is 21.0. The molecule has 3 N–H and O–H groups in total. The van der Waals surface area contributed by atoms with E-state index in [0.717, 1.165) is 16.6 Å². The van der Waals surface area contributed by atoms with Gasteiger partial charge >= 0.3 is 12.4 Å². The molecular weight excluding hydrogens is 598 g/mol. The highest BCUT2D eigenvalue weighted by molar-refractivity contribution is 7.84. The van der Waals surface area contributed by atoms with E-state index in [1.807, 2.05) is 12.1 Å². The van der Waals surface area contributed by atoms with Crippen molar-refractivity contribution in [2.45, 2.75) is 48.9 Å². The summed E-state index contributed by atoms with van der Waals surface area (Å²) < 4.78 is 93.1. The number of aliphatic hydroxyl groups is 1. The Labute approximate surface area is 237 Å². The second-order valence-electron chi connectivity index (χ2n) is 9.84. The summed E-state index contributed by atoms with van der Waals surface area (Å²) in [6.45, 7) is 3.51. The average molecular weight is 621 g/mol. The molecule has 4 aromatic rings. The number of aromatic nitrogens is 1. The molecule has 0 aliphatic rings. The molecule has 0 saturated heterocycles. The average Bonchev–Trinajstić information content (AvgIpc) is 3.30. The van der Waals surface area contributed by atoms with Crippen LogP contribution in [-0.2, 0) is 16.6 Å². The van der Waals surface area contributed by atoms with E-state index >= 15 is 0 Å². The highest BCUT2D eigenvalue weighted by atomic mass is 35.5. The Balaban J connectivity index is 1.89. The first-order valence-electron chi connectivity index (χ1n) is 11.7. The van der Waals surface area contributed by atoms with Gasteiger partial charge in [-0.1, -0.05) is 48.0 Å². The zero-order chi connectivity index (χ0) is 29.7. The monoisotopic (exact) mass is 620 g/mol. The molecule has 0 bridgehead atoms. The van der Waals surface area contributed by atoms with Crippen LogP contribution in [0.4, 0.5) is 26.3 Å². The maximum absolute atomic E-state index is 13.5. The van der Waals surface area contributed by atoms with Crippen molar-refractivity contribution < 1.29 is 35.7 Å². The zero-order valence-corrected chi connectivity index (χ0v) is 23.4. The molecule has 2 aromatic carbocycles. The predicted molar refractivity (Wildman–Crippen MR) is 145 cm³/mol. The fraction of sp³-hybridized carbons (Fsp3) is 0.296. The van der Waals surface area contributed by atoms with Crippen LogP contribution in [0, 0.1) is 0 Å². The molecule has 0 aliphatic heterocycles. The molecule has 0 fully saturated rings. The Morgan fingerprint density at radius 1 is 1.00 bits per heavy atom. The highest BCUT2D eigenvalue weighted by Gasteiger charge is 2.71. The number of alkyl halides is 6. The van der Waals surface area contributed by atoms with Gasteiger partial charge in [0.2, 0.25) is 0 Å². The quantitative estimate of drug-likeness (QED) is 0.207. The molecule has 2 aromatic heterocycles. The lowest BCUT2D eigenvalue weighted by atomic mass is 9.88. The van der Waals surface area contributed by atoms with E-state index in [1.165, 1.54) is 17.4 Å². The van der Waals surface area contributed by atoms with E-state index < -0.39 is 39.2 Å². The summed E-state index contributed by atoms with van der Waals surface area (Å²) in [5.74, 6) is -0.374. The number of nitrogens with zero attached hydrogens (tertiary/aromatic N) is 1. The minimum absolute atomic E-state index is 0.180. The maximum atomic E-state index is 13.5. The van der Waals surface area contributed by atoms with Crippen LogP contribution in [0.5, 0.6) is 0 Å². The Morgan fingerprint density at radius 3 is 2.25 bits per heavy atom. The van der Waals surface area contributed by atoms with Crippen LogP contribution < -0.4 is 5.14 Å². The molecule has 214 valence electrons. The lowest BCUT2D eigenvalue weighted by Crippen LogP contribution is -2.53. The van der Waals surface area contributed by atoms with Crippen LogP contribution in [0.3, 0.4) is 0 Å². The summed E-state index contributed by atoms with van der Waals surface area (Å²) in [7, 11) is -1.68. The Hall–Kier alpha value is -2.51. The van der Waals surface area contributed by atoms with Gasteiger partial charge in [0, 0.05) is 37.8 Å². The number of pyridine rings is 1. The number of nitrogens with two attached hydrogens (primary N) is 1. The van der Waals surface area contributed by atoms with Crippen molar-refractivity contribution in [2.75, 3.05) is 0 Å². The molecule has 2 atom stereocenters. The fourth-order valence-corrected chi connectivity index (χ4v) is 6.34. The molecule has 1 unspecified atom stereocenters. The first kappa shape index (κ1) is 30.4. The van der Waals surface area contributed by atoms with E-state index in [0.29, 0.717) is 33.7 Å². The smallest absolute Gasteiger partial charge is 0.369 e. The minimum atomic E-state index is -6.02. The van der Waals surface area contributed by atoms with Gasteiger partial charge in [-0.2, -0.15) is 26.3 Å². The maximum Gasteiger partial charge on any atom is 0.430 e. The lowest BCUT2D eigenvalue weighted by molar-refractivity contribution is -0.376. The minimum Gasteiger partial charge on any atom is -0.369 e. The van der Waals surface area contributed by atoms with Gasteiger partial charge in [-0.15, -0.1) is 11.3 Å². The van der Waals surface area contributed by atoms with E-state index in [9.17, 15) is 35.7 Å². The van der Waals surface area contributed by atoms with Crippen LogP contribution in [-0.4, -0.2) is 31.4 Å². The predicted octanol–water partition coefficient (Wildman–Crippen LogP) is 7.85. The van der Waals surface area contributed by atoms with Crippen molar-refractivity contribution in [1.29, 1.82) is 0 Å². The van der Waals surface area contributed by atoms with Gasteiger partial charge < -0.3 is 5.11 Å². The van der Waals surface area contributed by atoms with Crippen LogP contribution in [0.1, 0.15) is 42.2 Å². The summed E-state index contributed by atoms with van der Waals surface area (Å²) in [4.78, 5) is 4.80. The Kier molecular flexibility index (Phi) is 8.16. The first-order chi connectivity index (χ1) is 18.5. The van der Waals surface area contributed by atoms with Crippen molar-refractivity contribution in [2.24, 2.45) is 5.14 Å². The summed E-state index contributed by atoms with van der Waals surface area (Å²) >= 11 is 7.78. The molecule has 0 amide bonds. The fourth-order valence-electron chi connectivity index (χ4n) is 4.44. The number of thiophene rings is 1. The number of rotatable bonds is 7. The van der Waals surface area contributed by atoms with Crippen LogP contribution in [0.25, 0.3) is 21.3 Å². The number of hydrogen-bond acceptors (Lipinski definition) is 4. The number of benzene rings is 2. The molecule has 0 saturated carbocycles. The lowest BCUT2D eigenvalue weighted by Gasteiger charge is -2.32. The number of hydrogen-bond donors (Lipinski definition) is 2. The summed E-state index contributed by atoms with van der Waals surface area (Å²) in [5.41, 5.74) is -5.63. The largest absolute Gasteiger partial charge is 0.430 e. The first-order valence-corrected chi connectivity index (χ1v) is 14.1. The third-order valence-electron chi connectivity index (χ3n) is 6.70. The molecule has 0 spiro atoms. The van der Waals surface area contributed by atoms with Crippen LogP contribution >= 0.6 is 22.9 Å². The molecule has 40 heavy (non-hydrogen) atoms. The molecular formula is C27H23ClF6N2O2S2. The molecule has 13 heteroatoms. The summed E-state index contributed by atoms with van der Waals surface area (Å²) in [6, 6.07) is 14.9. The van der Waals surface area contributed by atoms with Gasteiger partial charge in [-0.3, -0.25) is 10.1 Å². The highest BCUT2D eigenvalue weighted by Crippen LogP contribution is 2.51. The van der Waals surface area contributed by atoms with Gasteiger partial charge in [0.25, 0.3) is 5.60 Å². The third kappa shape index (κ3) is 5.52. The van der Waals surface area contributed by atoms with E-state index in [2.05, 4.69) is 4.98 Å². The van der Waals surface area contributed by atoms with Gasteiger partial charge in [0.15, 0.2) is 0 Å². The van der Waals surface area contributed by atoms with Crippen molar-refractivity contribution in [3.8, 4) is 11.3 Å². The second kappa shape index (κ2) is 10.7. The SMILES string of the molecule is CC(C)(C[C@@H](c1cc2cccc(-c3cc(C(O)(C(F)(F)F)C(F)(F)F)ccn3)c2s1)c1ccccc1Cl)S(N)=O. The molecule has 4 nitrogen and oxygen atoms in total. The van der Waals surface area contributed by atoms with E-state index in [-0.39, 0.29) is 17.2 Å². The van der Waals surface area contributed by atoms with Crippen molar-refractivity contribution >= 4 is 44.0 Å². The normalized spacial score (nSPS) is 14.9. The van der Waals surface area contributed by atoms with Crippen molar-refractivity contribution in [3.05, 3.63) is 87.9 Å². The Morgan fingerprint density at radius 2 is 1.65 bits per heavy atom. The van der Waals surface area contributed by atoms with Crippen molar-refractivity contribution in [1.82, 2.24) is 4.98 Å². The molecule has 0 radical (unpaired) electrons. The number of halogens is 7. The number of fused-ring (bicyclic) bond motifs is 1. The van der Waals surface area contributed by atoms with E-state index in [4.69, 9.17) is 16.7 Å². The standard InChI is InChI=1S/C27H23ClF6N2O2S2/c1-24(2,40(35)38)14-19(17-7-3-4-9-20(17)28)22-12-15-6-5-8-18(23(15)39-22)21-13-16(10-11-36-21)25(37,26(29,30)31)27(32,33)34/h3-13,19,37H,14,35H2,1-2H3/t19-,40?/m1/s1. The summed E-state index contributed by atoms with van der Waals surface area (Å²) in [5, 5.41) is 16.8. The van der Waals surface area contributed by atoms with Gasteiger partial charge in [-0.25, -0.2) is 4.21 Å². The summed E-state index contributed by atoms with van der Waals surface area (Å²) in [6.07, 6.45) is -10.9. The Bertz CT molecular complexity index is 1550. The van der Waals surface area contributed by atoms with Gasteiger partial charge in [0.1, 0.15) is 0 Å². The molecule has 2 heterocycles. The van der Waals surface area contributed by atoms with E-state index in [1.54, 1.807) is 44.2 Å². The van der Waals surface area contributed by atoms with Gasteiger partial charge in [-0.05, 0) is 55.5 Å². The van der Waals surface area contributed by atoms with Crippen molar-refractivity contribution in [3.63, 3.8) is 0 Å². The third-order valence-corrected chi connectivity index (χ3v) is 9.60. The van der Waals surface area contributed by atoms with Gasteiger partial charge in [0.05, 0.1) is 21.4 Å². The second-order valence-corrected chi connectivity index (χ2v) is 13.0. The molecule has 4 rings (SSSR count).